The molecule has 1 atom stereocenters. The molecule has 0 spiro atoms. The van der Waals surface area contributed by atoms with Crippen LogP contribution in [0.15, 0.2) is 18.2 Å². The van der Waals surface area contributed by atoms with Gasteiger partial charge >= 0.3 is 0 Å². The van der Waals surface area contributed by atoms with Gasteiger partial charge in [0.2, 0.25) is 10.0 Å². The van der Waals surface area contributed by atoms with Gasteiger partial charge in [0.05, 0.1) is 16.2 Å². The van der Waals surface area contributed by atoms with Crippen LogP contribution in [0.5, 0.6) is 0 Å². The predicted octanol–water partition coefficient (Wildman–Crippen LogP) is 0.457. The number of non-ortho nitro benzene ring substituents is 1. The van der Waals surface area contributed by atoms with Crippen LogP contribution in [-0.4, -0.2) is 26.1 Å². The van der Waals surface area contributed by atoms with Crippen LogP contribution in [-0.2, 0) is 15.6 Å². The van der Waals surface area contributed by atoms with Crippen LogP contribution in [0.3, 0.4) is 0 Å². The molecule has 0 bridgehead atoms. The summed E-state index contributed by atoms with van der Waals surface area (Å²) < 4.78 is 38.7. The van der Waals surface area contributed by atoms with Crippen molar-refractivity contribution < 1.29 is 17.7 Å². The van der Waals surface area contributed by atoms with Crippen molar-refractivity contribution in [3.63, 3.8) is 0 Å². The lowest BCUT2D eigenvalue weighted by Gasteiger charge is -2.24. The minimum absolute atomic E-state index is 0.222. The molecular formula is C10H14FN3O4S. The first-order valence-corrected chi connectivity index (χ1v) is 6.89. The number of nitrogens with two attached hydrogens (primary N) is 1. The molecule has 0 saturated carbocycles. The average molecular weight is 291 g/mol. The highest BCUT2D eigenvalue weighted by Crippen LogP contribution is 2.26. The van der Waals surface area contributed by atoms with E-state index in [1.807, 2.05) is 0 Å². The third-order valence-electron chi connectivity index (χ3n) is 2.58. The minimum atomic E-state index is -3.69. The summed E-state index contributed by atoms with van der Waals surface area (Å²) in [6, 6.07) is 2.83. The van der Waals surface area contributed by atoms with Gasteiger partial charge < -0.3 is 5.73 Å². The molecule has 0 heterocycles. The average Bonchev–Trinajstić information content (AvgIpc) is 2.27. The summed E-state index contributed by atoms with van der Waals surface area (Å²) in [5.74, 6) is -1.38. The molecule has 1 rings (SSSR count). The summed E-state index contributed by atoms with van der Waals surface area (Å²) >= 11 is 0. The highest BCUT2D eigenvalue weighted by Gasteiger charge is 2.31. The Hall–Kier alpha value is -1.58. The first kappa shape index (κ1) is 15.5. The lowest BCUT2D eigenvalue weighted by atomic mass is 9.94. The molecule has 7 nitrogen and oxygen atoms in total. The normalized spacial score (nSPS) is 14.9. The Balaban J connectivity index is 3.27. The number of sulfonamides is 1. The zero-order valence-corrected chi connectivity index (χ0v) is 11.2. The molecule has 0 saturated heterocycles. The van der Waals surface area contributed by atoms with Gasteiger partial charge in [0.25, 0.3) is 5.69 Å². The second-order valence-corrected chi connectivity index (χ2v) is 6.23. The molecule has 0 aliphatic carbocycles. The zero-order chi connectivity index (χ0) is 14.8. The van der Waals surface area contributed by atoms with Crippen molar-refractivity contribution in [2.24, 2.45) is 5.73 Å². The molecule has 1 aromatic rings. The predicted molar refractivity (Wildman–Crippen MR) is 67.4 cm³/mol. The number of nitrogens with one attached hydrogen (secondary N) is 1. The summed E-state index contributed by atoms with van der Waals surface area (Å²) in [5.41, 5.74) is 3.63. The van der Waals surface area contributed by atoms with E-state index >= 15 is 0 Å². The Labute approximate surface area is 109 Å². The highest BCUT2D eigenvalue weighted by molar-refractivity contribution is 7.89. The van der Waals surface area contributed by atoms with E-state index in [0.29, 0.717) is 0 Å². The molecule has 1 aromatic carbocycles. The molecule has 0 aliphatic heterocycles. The summed E-state index contributed by atoms with van der Waals surface area (Å²) in [6.45, 7) is 1.30. The van der Waals surface area contributed by atoms with Crippen molar-refractivity contribution in [1.82, 2.24) is 4.72 Å². The minimum Gasteiger partial charge on any atom is -0.321 e. The standard InChI is InChI=1S/C10H14FN3O4S/c1-10(12,6-19(17,18)13-2)8-5-7(14(15)16)3-4-9(8)11/h3-5,13H,6,12H2,1-2H3/t10-/m0/s1. The van der Waals surface area contributed by atoms with Gasteiger partial charge in [-0.25, -0.2) is 17.5 Å². The fourth-order valence-electron chi connectivity index (χ4n) is 1.61. The number of rotatable bonds is 5. The number of nitro benzene ring substituents is 1. The number of halogens is 1. The van der Waals surface area contributed by atoms with Crippen LogP contribution >= 0.6 is 0 Å². The SMILES string of the molecule is CNS(=O)(=O)C[C@](C)(N)c1cc([N+](=O)[O-])ccc1F. The summed E-state index contributed by atoms with van der Waals surface area (Å²) in [5, 5.41) is 10.6. The Bertz CT molecular complexity index is 601. The van der Waals surface area contributed by atoms with E-state index in [4.69, 9.17) is 5.73 Å². The topological polar surface area (TPSA) is 115 Å². The van der Waals surface area contributed by atoms with Crippen molar-refractivity contribution >= 4 is 15.7 Å². The number of hydrogen-bond acceptors (Lipinski definition) is 5. The first-order chi connectivity index (χ1) is 8.59. The van der Waals surface area contributed by atoms with Gasteiger partial charge in [0.1, 0.15) is 5.82 Å². The molecular weight excluding hydrogens is 277 g/mol. The number of nitrogens with zero attached hydrogens (tertiary/aromatic N) is 1. The number of benzene rings is 1. The Morgan fingerprint density at radius 2 is 2.11 bits per heavy atom. The quantitative estimate of drug-likeness (QED) is 0.604. The van der Waals surface area contributed by atoms with Crippen molar-refractivity contribution in [3.05, 3.63) is 39.7 Å². The van der Waals surface area contributed by atoms with E-state index in [0.717, 1.165) is 18.2 Å². The van der Waals surface area contributed by atoms with Gasteiger partial charge in [0.15, 0.2) is 0 Å². The van der Waals surface area contributed by atoms with Gasteiger partial charge in [-0.1, -0.05) is 0 Å². The lowest BCUT2D eigenvalue weighted by Crippen LogP contribution is -2.44. The molecule has 19 heavy (non-hydrogen) atoms. The molecule has 0 radical (unpaired) electrons. The van der Waals surface area contributed by atoms with Crippen molar-refractivity contribution in [2.75, 3.05) is 12.8 Å². The van der Waals surface area contributed by atoms with Crippen LogP contribution in [0.25, 0.3) is 0 Å². The maximum atomic E-state index is 13.7. The molecule has 3 N–H and O–H groups in total. The molecule has 0 amide bonds. The maximum Gasteiger partial charge on any atom is 0.269 e. The highest BCUT2D eigenvalue weighted by atomic mass is 32.2. The van der Waals surface area contributed by atoms with E-state index < -0.39 is 32.1 Å². The molecule has 0 unspecified atom stereocenters. The van der Waals surface area contributed by atoms with Crippen LogP contribution in [0.1, 0.15) is 12.5 Å². The van der Waals surface area contributed by atoms with E-state index in [2.05, 4.69) is 4.72 Å². The van der Waals surface area contributed by atoms with E-state index in [1.54, 1.807) is 0 Å². The molecule has 106 valence electrons. The van der Waals surface area contributed by atoms with Gasteiger partial charge in [-0.3, -0.25) is 10.1 Å². The zero-order valence-electron chi connectivity index (χ0n) is 10.4. The molecule has 0 fully saturated rings. The molecule has 0 aliphatic rings. The van der Waals surface area contributed by atoms with Crippen molar-refractivity contribution in [2.45, 2.75) is 12.5 Å². The Morgan fingerprint density at radius 1 is 1.53 bits per heavy atom. The second-order valence-electron chi connectivity index (χ2n) is 4.30. The smallest absolute Gasteiger partial charge is 0.269 e. The second kappa shape index (κ2) is 5.19. The fraction of sp³-hybridized carbons (Fsp3) is 0.400. The third kappa shape index (κ3) is 3.69. The Morgan fingerprint density at radius 3 is 2.58 bits per heavy atom. The third-order valence-corrected chi connectivity index (χ3v) is 4.18. The summed E-state index contributed by atoms with van der Waals surface area (Å²) in [7, 11) is -2.48. The maximum absolute atomic E-state index is 13.7. The summed E-state index contributed by atoms with van der Waals surface area (Å²) in [6.07, 6.45) is 0. The van der Waals surface area contributed by atoms with Crippen molar-refractivity contribution in [1.29, 1.82) is 0 Å². The van der Waals surface area contributed by atoms with Crippen LogP contribution < -0.4 is 10.5 Å². The molecule has 9 heteroatoms. The van der Waals surface area contributed by atoms with Gasteiger partial charge in [-0.05, 0) is 20.0 Å². The monoisotopic (exact) mass is 291 g/mol. The van der Waals surface area contributed by atoms with Gasteiger partial charge in [0, 0.05) is 17.7 Å². The lowest BCUT2D eigenvalue weighted by molar-refractivity contribution is -0.385. The molecule has 0 aromatic heterocycles. The van der Waals surface area contributed by atoms with E-state index in [9.17, 15) is 22.9 Å². The first-order valence-electron chi connectivity index (χ1n) is 5.23. The van der Waals surface area contributed by atoms with Crippen LogP contribution in [0.4, 0.5) is 10.1 Å². The van der Waals surface area contributed by atoms with E-state index in [1.165, 1.54) is 14.0 Å². The van der Waals surface area contributed by atoms with E-state index in [-0.39, 0.29) is 11.3 Å². The van der Waals surface area contributed by atoms with Crippen LogP contribution in [0.2, 0.25) is 0 Å². The largest absolute Gasteiger partial charge is 0.321 e. The van der Waals surface area contributed by atoms with Crippen LogP contribution in [0, 0.1) is 15.9 Å². The van der Waals surface area contributed by atoms with Gasteiger partial charge in [-0.15, -0.1) is 0 Å². The Kier molecular flexibility index (Phi) is 4.23. The number of hydrogen-bond donors (Lipinski definition) is 2. The number of nitro groups is 1. The summed E-state index contributed by atoms with van der Waals surface area (Å²) in [4.78, 5) is 9.94. The van der Waals surface area contributed by atoms with Crippen molar-refractivity contribution in [3.8, 4) is 0 Å². The van der Waals surface area contributed by atoms with Gasteiger partial charge in [-0.2, -0.15) is 0 Å². The fourth-order valence-corrected chi connectivity index (χ4v) is 2.70.